The molecule has 0 spiro atoms. The quantitative estimate of drug-likeness (QED) is 0.929. The number of hydrogen-bond donors (Lipinski definition) is 1. The summed E-state index contributed by atoms with van der Waals surface area (Å²) in [6, 6.07) is 3.36. The number of amides is 1. The zero-order chi connectivity index (χ0) is 14.7. The smallest absolute Gasteiger partial charge is 0.259 e. The van der Waals surface area contributed by atoms with Gasteiger partial charge in [-0.15, -0.1) is 0 Å². The van der Waals surface area contributed by atoms with Gasteiger partial charge in [-0.2, -0.15) is 5.10 Å². The predicted molar refractivity (Wildman–Crippen MR) is 78.4 cm³/mol. The second-order valence-electron chi connectivity index (χ2n) is 4.05. The fourth-order valence-electron chi connectivity index (χ4n) is 1.75. The van der Waals surface area contributed by atoms with Gasteiger partial charge in [0.05, 0.1) is 36.1 Å². The van der Waals surface area contributed by atoms with Gasteiger partial charge in [-0.1, -0.05) is 0 Å². The summed E-state index contributed by atoms with van der Waals surface area (Å²) in [6.45, 7) is 0. The number of ether oxygens (including phenoxy) is 2. The molecule has 7 heteroatoms. The molecule has 1 N–H and O–H groups in total. The second kappa shape index (κ2) is 5.96. The lowest BCUT2D eigenvalue weighted by Gasteiger charge is -2.12. The molecule has 1 aromatic carbocycles. The molecule has 0 radical (unpaired) electrons. The number of halogens is 1. The molecular formula is C13H14BrN3O3. The van der Waals surface area contributed by atoms with E-state index in [-0.39, 0.29) is 5.91 Å². The van der Waals surface area contributed by atoms with Crippen LogP contribution in [0.1, 0.15) is 10.4 Å². The Balaban J connectivity index is 2.35. The van der Waals surface area contributed by atoms with Gasteiger partial charge < -0.3 is 14.8 Å². The van der Waals surface area contributed by atoms with E-state index in [1.54, 1.807) is 36.3 Å². The third kappa shape index (κ3) is 2.93. The van der Waals surface area contributed by atoms with E-state index < -0.39 is 0 Å². The first-order valence-electron chi connectivity index (χ1n) is 5.76. The van der Waals surface area contributed by atoms with Crippen molar-refractivity contribution in [3.05, 3.63) is 34.6 Å². The number of carbonyl (C=O) groups is 1. The summed E-state index contributed by atoms with van der Waals surface area (Å²) in [5, 5.41) is 6.75. The lowest BCUT2D eigenvalue weighted by Crippen LogP contribution is -2.13. The number of anilines is 1. The second-order valence-corrected chi connectivity index (χ2v) is 4.90. The van der Waals surface area contributed by atoms with Gasteiger partial charge in [0.15, 0.2) is 0 Å². The molecule has 0 aliphatic heterocycles. The van der Waals surface area contributed by atoms with Gasteiger partial charge in [0, 0.05) is 13.2 Å². The molecule has 0 bridgehead atoms. The lowest BCUT2D eigenvalue weighted by atomic mass is 10.1. The van der Waals surface area contributed by atoms with Crippen molar-refractivity contribution in [3.8, 4) is 11.5 Å². The standard InChI is InChI=1S/C13H14BrN3O3/c1-17-7-8(6-15-17)16-13(18)10-4-9(19-2)5-11(14)12(10)20-3/h4-7H,1-3H3,(H,16,18). The van der Waals surface area contributed by atoms with Crippen molar-refractivity contribution in [3.63, 3.8) is 0 Å². The summed E-state index contributed by atoms with van der Waals surface area (Å²) in [5.74, 6) is 0.718. The molecule has 2 aromatic rings. The van der Waals surface area contributed by atoms with Crippen molar-refractivity contribution in [1.82, 2.24) is 9.78 Å². The van der Waals surface area contributed by atoms with Crippen LogP contribution in [0.25, 0.3) is 0 Å². The number of hydrogen-bond acceptors (Lipinski definition) is 4. The SMILES string of the molecule is COc1cc(Br)c(OC)c(C(=O)Nc2cnn(C)c2)c1. The van der Waals surface area contributed by atoms with E-state index in [1.165, 1.54) is 14.2 Å². The van der Waals surface area contributed by atoms with Crippen molar-refractivity contribution >= 4 is 27.5 Å². The molecule has 20 heavy (non-hydrogen) atoms. The number of nitrogens with zero attached hydrogens (tertiary/aromatic N) is 2. The van der Waals surface area contributed by atoms with Crippen LogP contribution in [-0.2, 0) is 7.05 Å². The van der Waals surface area contributed by atoms with Crippen LogP contribution in [0.2, 0.25) is 0 Å². The van der Waals surface area contributed by atoms with Crippen LogP contribution in [0.15, 0.2) is 29.0 Å². The fourth-order valence-corrected chi connectivity index (χ4v) is 2.35. The van der Waals surface area contributed by atoms with Crippen molar-refractivity contribution in [2.45, 2.75) is 0 Å². The zero-order valence-corrected chi connectivity index (χ0v) is 12.9. The molecule has 6 nitrogen and oxygen atoms in total. The van der Waals surface area contributed by atoms with Gasteiger partial charge in [-0.05, 0) is 28.1 Å². The molecule has 0 aliphatic carbocycles. The maximum Gasteiger partial charge on any atom is 0.259 e. The van der Waals surface area contributed by atoms with Crippen molar-refractivity contribution in [2.24, 2.45) is 7.05 Å². The van der Waals surface area contributed by atoms with Crippen molar-refractivity contribution < 1.29 is 14.3 Å². The Morgan fingerprint density at radius 2 is 2.10 bits per heavy atom. The molecule has 0 atom stereocenters. The average molecular weight is 340 g/mol. The molecular weight excluding hydrogens is 326 g/mol. The molecule has 1 aromatic heterocycles. The van der Waals surface area contributed by atoms with Crippen LogP contribution in [0.4, 0.5) is 5.69 Å². The van der Waals surface area contributed by atoms with E-state index >= 15 is 0 Å². The van der Waals surface area contributed by atoms with Gasteiger partial charge in [-0.25, -0.2) is 0 Å². The predicted octanol–water partition coefficient (Wildman–Crippen LogP) is 2.45. The largest absolute Gasteiger partial charge is 0.497 e. The topological polar surface area (TPSA) is 65.4 Å². The highest BCUT2D eigenvalue weighted by Gasteiger charge is 2.17. The van der Waals surface area contributed by atoms with Crippen LogP contribution in [0, 0.1) is 0 Å². The first-order chi connectivity index (χ1) is 9.55. The Kier molecular flexibility index (Phi) is 4.29. The third-order valence-electron chi connectivity index (χ3n) is 2.66. The number of rotatable bonds is 4. The summed E-state index contributed by atoms with van der Waals surface area (Å²) in [6.07, 6.45) is 3.28. The molecule has 106 valence electrons. The summed E-state index contributed by atoms with van der Waals surface area (Å²) >= 11 is 3.36. The minimum absolute atomic E-state index is 0.297. The summed E-state index contributed by atoms with van der Waals surface area (Å²) in [4.78, 5) is 12.3. The van der Waals surface area contributed by atoms with E-state index in [1.807, 2.05) is 0 Å². The van der Waals surface area contributed by atoms with Crippen LogP contribution in [0.5, 0.6) is 11.5 Å². The number of aryl methyl sites for hydroxylation is 1. The fraction of sp³-hybridized carbons (Fsp3) is 0.231. The molecule has 0 aliphatic rings. The summed E-state index contributed by atoms with van der Waals surface area (Å²) in [5.41, 5.74) is 0.987. The number of aromatic nitrogens is 2. The maximum absolute atomic E-state index is 12.3. The number of methoxy groups -OCH3 is 2. The first-order valence-corrected chi connectivity index (χ1v) is 6.56. The van der Waals surface area contributed by atoms with Crippen LogP contribution in [0.3, 0.4) is 0 Å². The monoisotopic (exact) mass is 339 g/mol. The van der Waals surface area contributed by atoms with Gasteiger partial charge in [-0.3, -0.25) is 9.48 Å². The van der Waals surface area contributed by atoms with Crippen LogP contribution in [-0.4, -0.2) is 29.9 Å². The molecule has 0 fully saturated rings. The Hall–Kier alpha value is -2.02. The number of nitrogens with one attached hydrogen (secondary N) is 1. The highest BCUT2D eigenvalue weighted by atomic mass is 79.9. The Labute approximate surface area is 124 Å². The molecule has 0 saturated heterocycles. The van der Waals surface area contributed by atoms with Crippen LogP contribution >= 0.6 is 15.9 Å². The normalized spacial score (nSPS) is 10.2. The van der Waals surface area contributed by atoms with Gasteiger partial charge in [0.25, 0.3) is 5.91 Å². The van der Waals surface area contributed by atoms with E-state index in [0.29, 0.717) is 27.2 Å². The highest BCUT2D eigenvalue weighted by molar-refractivity contribution is 9.10. The van der Waals surface area contributed by atoms with E-state index in [0.717, 1.165) is 0 Å². The molecule has 2 rings (SSSR count). The van der Waals surface area contributed by atoms with E-state index in [4.69, 9.17) is 9.47 Å². The van der Waals surface area contributed by atoms with Crippen LogP contribution < -0.4 is 14.8 Å². The average Bonchev–Trinajstić information content (AvgIpc) is 2.83. The summed E-state index contributed by atoms with van der Waals surface area (Å²) in [7, 11) is 4.82. The molecule has 0 saturated carbocycles. The Bertz CT molecular complexity index is 640. The third-order valence-corrected chi connectivity index (χ3v) is 3.25. The summed E-state index contributed by atoms with van der Waals surface area (Å²) < 4.78 is 12.7. The first kappa shape index (κ1) is 14.4. The highest BCUT2D eigenvalue weighted by Crippen LogP contribution is 2.33. The molecule has 1 amide bonds. The van der Waals surface area contributed by atoms with Gasteiger partial charge in [0.2, 0.25) is 0 Å². The molecule has 1 heterocycles. The minimum atomic E-state index is -0.297. The zero-order valence-electron chi connectivity index (χ0n) is 11.3. The van der Waals surface area contributed by atoms with E-state index in [2.05, 4.69) is 26.3 Å². The lowest BCUT2D eigenvalue weighted by molar-refractivity contribution is 0.102. The Morgan fingerprint density at radius 3 is 2.65 bits per heavy atom. The minimum Gasteiger partial charge on any atom is -0.497 e. The molecule has 0 unspecified atom stereocenters. The van der Waals surface area contributed by atoms with Gasteiger partial charge in [0.1, 0.15) is 11.5 Å². The number of benzene rings is 1. The number of carbonyl (C=O) groups excluding carboxylic acids is 1. The Morgan fingerprint density at radius 1 is 1.35 bits per heavy atom. The van der Waals surface area contributed by atoms with Crippen molar-refractivity contribution in [1.29, 1.82) is 0 Å². The van der Waals surface area contributed by atoms with Gasteiger partial charge >= 0.3 is 0 Å². The maximum atomic E-state index is 12.3. The van der Waals surface area contributed by atoms with Crippen molar-refractivity contribution in [2.75, 3.05) is 19.5 Å². The van der Waals surface area contributed by atoms with E-state index in [9.17, 15) is 4.79 Å².